The third-order valence-corrected chi connectivity index (χ3v) is 16.5. The molecule has 424 valence electrons. The molecule has 3 saturated heterocycles. The minimum atomic E-state index is -0.838. The Balaban J connectivity index is 0.687. The van der Waals surface area contributed by atoms with Crippen molar-refractivity contribution in [3.05, 3.63) is 168 Å². The largest absolute Gasteiger partial charge is 0.390 e. The number of benzene rings is 4. The highest BCUT2D eigenvalue weighted by Gasteiger charge is 2.33. The summed E-state index contributed by atoms with van der Waals surface area (Å²) >= 11 is 25.0. The lowest BCUT2D eigenvalue weighted by Crippen LogP contribution is -2.55. The van der Waals surface area contributed by atoms with Crippen LogP contribution in [0.3, 0.4) is 0 Å². The molecule has 4 aromatic carbocycles. The molecule has 3 N–H and O–H groups in total. The van der Waals surface area contributed by atoms with Gasteiger partial charge in [0.2, 0.25) is 17.7 Å². The zero-order valence-electron chi connectivity index (χ0n) is 45.0. The van der Waals surface area contributed by atoms with Gasteiger partial charge in [-0.2, -0.15) is 0 Å². The van der Waals surface area contributed by atoms with Gasteiger partial charge in [-0.1, -0.05) is 113 Å². The number of nitrogens with zero attached hydrogens (tertiary/aromatic N) is 8. The number of β-amino-alcohol motifs (C(OH)–C–C–N with tert-alkyl or cyclic N) is 1. The summed E-state index contributed by atoms with van der Waals surface area (Å²) < 4.78 is 0. The highest BCUT2D eigenvalue weighted by Crippen LogP contribution is 2.30. The van der Waals surface area contributed by atoms with Crippen molar-refractivity contribution in [2.75, 3.05) is 90.4 Å². The van der Waals surface area contributed by atoms with Crippen LogP contribution in [0.2, 0.25) is 20.1 Å². The van der Waals surface area contributed by atoms with Gasteiger partial charge in [0.1, 0.15) is 17.8 Å². The monoisotopic (exact) mass is 1170 g/mol. The van der Waals surface area contributed by atoms with Crippen molar-refractivity contribution < 1.29 is 29.1 Å². The fraction of sp³-hybridized carbons (Fsp3) is 0.377. The maximum absolute atomic E-state index is 14.6. The zero-order chi connectivity index (χ0) is 56.8. The Morgan fingerprint density at radius 3 is 2.02 bits per heavy atom. The van der Waals surface area contributed by atoms with Gasteiger partial charge in [0.25, 0.3) is 5.91 Å². The number of aliphatic imine (C=N–C) groups is 1. The predicted molar refractivity (Wildman–Crippen MR) is 319 cm³/mol. The Bertz CT molecular complexity index is 3090. The van der Waals surface area contributed by atoms with E-state index < -0.39 is 17.9 Å². The first-order chi connectivity index (χ1) is 39.2. The number of ketones is 1. The minimum absolute atomic E-state index is 0.00129. The molecule has 0 saturated carbocycles. The van der Waals surface area contributed by atoms with Crippen LogP contribution in [0.4, 0.5) is 5.82 Å². The van der Waals surface area contributed by atoms with Crippen LogP contribution in [0.5, 0.6) is 0 Å². The van der Waals surface area contributed by atoms with Gasteiger partial charge in [0.15, 0.2) is 5.78 Å². The number of halogens is 4. The maximum Gasteiger partial charge on any atom is 0.270 e. The molecule has 81 heavy (non-hydrogen) atoms. The van der Waals surface area contributed by atoms with Gasteiger partial charge in [-0.15, -0.1) is 0 Å². The number of piperazine rings is 1. The molecule has 0 spiro atoms. The number of aliphatic hydroxyl groups is 1. The number of aromatic nitrogens is 2. The molecule has 0 radical (unpaired) electrons. The molecule has 4 amide bonds. The number of piperidine rings is 1. The van der Waals surface area contributed by atoms with Crippen molar-refractivity contribution in [3.8, 4) is 0 Å². The van der Waals surface area contributed by atoms with Crippen LogP contribution < -0.4 is 10.6 Å². The second-order valence-electron chi connectivity index (χ2n) is 21.1. The minimum Gasteiger partial charge on any atom is -0.390 e. The number of likely N-dealkylation sites (tertiary alicyclic amines) is 2. The van der Waals surface area contributed by atoms with Gasteiger partial charge in [0, 0.05) is 115 Å². The molecule has 2 atom stereocenters. The van der Waals surface area contributed by atoms with E-state index in [1.54, 1.807) is 59.5 Å². The topological polar surface area (TPSA) is 184 Å². The number of carbonyl (C=O) groups is 5. The Kier molecular flexibility index (Phi) is 20.9. The molecular formula is C61H66Cl4N10O6. The van der Waals surface area contributed by atoms with E-state index in [0.717, 1.165) is 70.8 Å². The molecule has 1 aromatic heterocycles. The summed E-state index contributed by atoms with van der Waals surface area (Å²) in [5, 5.41) is 18.3. The number of amides is 4. The van der Waals surface area contributed by atoms with E-state index in [1.807, 2.05) is 41.3 Å². The van der Waals surface area contributed by atoms with Gasteiger partial charge in [-0.3, -0.25) is 38.7 Å². The Hall–Kier alpha value is -6.34. The fourth-order valence-corrected chi connectivity index (χ4v) is 11.2. The van der Waals surface area contributed by atoms with E-state index in [4.69, 9.17) is 46.4 Å². The first-order valence-corrected chi connectivity index (χ1v) is 29.0. The Labute approximate surface area is 492 Å². The summed E-state index contributed by atoms with van der Waals surface area (Å²) in [5.41, 5.74) is 5.73. The molecule has 4 aliphatic heterocycles. The average Bonchev–Trinajstić information content (AvgIpc) is 3.47. The number of rotatable bonds is 21. The predicted octanol–water partition coefficient (Wildman–Crippen LogP) is 8.07. The molecule has 0 bridgehead atoms. The van der Waals surface area contributed by atoms with Crippen molar-refractivity contribution in [2.24, 2.45) is 10.9 Å². The standard InChI is InChI=1S/C61H66Cl4N10O6/c62-51-16-14-42(29-53(51)64)27-47-35-75(36-48(59(47)79)28-43-15-17-52(63)54(65)30-43)61(81)46(26-41-8-2-1-3-9-41)32-66-57(77)12-6-13-58(78)74-24-22-71(23-25-74)19-7-20-72-37-49(38-72)70-56-31-55(68-40-69-56)60(80)67-33-50(76)39-73-21-18-44-10-4-5-11-45(44)34-73/h1-5,8-11,14-17,27-32,40,46,49-50,76H,6-7,12-13,18-26,33-39H2,(H,67,80)(H,68,69,70)/b47-27+,48-28+,66-32?. The summed E-state index contributed by atoms with van der Waals surface area (Å²) in [6.45, 7) is 8.62. The van der Waals surface area contributed by atoms with Crippen molar-refractivity contribution >= 4 is 100 Å². The summed E-state index contributed by atoms with van der Waals surface area (Å²) in [7, 11) is 0. The molecule has 0 aliphatic carbocycles. The molecule has 5 heterocycles. The van der Waals surface area contributed by atoms with E-state index in [1.165, 1.54) is 23.7 Å². The lowest BCUT2D eigenvalue weighted by Gasteiger charge is -2.40. The van der Waals surface area contributed by atoms with E-state index in [0.29, 0.717) is 74.2 Å². The quantitative estimate of drug-likeness (QED) is 0.0475. The van der Waals surface area contributed by atoms with Crippen LogP contribution in [-0.4, -0.2) is 172 Å². The fourth-order valence-electron chi connectivity index (χ4n) is 10.6. The normalized spacial score (nSPS) is 18.2. The van der Waals surface area contributed by atoms with E-state index >= 15 is 0 Å². The smallest absolute Gasteiger partial charge is 0.270 e. The number of hydrogen-bond donors (Lipinski definition) is 3. The van der Waals surface area contributed by atoms with E-state index in [2.05, 4.69) is 58.5 Å². The summed E-state index contributed by atoms with van der Waals surface area (Å²) in [4.78, 5) is 91.3. The van der Waals surface area contributed by atoms with Crippen molar-refractivity contribution in [1.82, 2.24) is 39.8 Å². The first kappa shape index (κ1) is 59.3. The highest BCUT2D eigenvalue weighted by atomic mass is 35.5. The molecule has 20 heteroatoms. The molecule has 16 nitrogen and oxygen atoms in total. The van der Waals surface area contributed by atoms with E-state index in [-0.39, 0.29) is 74.1 Å². The molecular weight excluding hydrogens is 1110 g/mol. The van der Waals surface area contributed by atoms with Crippen molar-refractivity contribution in [1.29, 1.82) is 0 Å². The number of aliphatic hydroxyl groups excluding tert-OH is 1. The molecule has 9 rings (SSSR count). The molecule has 4 aliphatic rings. The third kappa shape index (κ3) is 16.9. The number of anilines is 1. The van der Waals surface area contributed by atoms with Gasteiger partial charge in [-0.25, -0.2) is 15.0 Å². The van der Waals surface area contributed by atoms with Crippen molar-refractivity contribution in [3.63, 3.8) is 0 Å². The van der Waals surface area contributed by atoms with Crippen LogP contribution in [0.25, 0.3) is 12.2 Å². The second kappa shape index (κ2) is 28.6. The number of Topliss-reactive ketones (excluding diaryl/α,β-unsaturated/α-hetero) is 1. The lowest BCUT2D eigenvalue weighted by atomic mass is 9.92. The number of fused-ring (bicyclic) bond motifs is 1. The van der Waals surface area contributed by atoms with Gasteiger partial charge < -0.3 is 25.5 Å². The van der Waals surface area contributed by atoms with Gasteiger partial charge in [-0.05, 0) is 103 Å². The second-order valence-corrected chi connectivity index (χ2v) is 22.7. The van der Waals surface area contributed by atoms with Crippen molar-refractivity contribution in [2.45, 2.75) is 57.2 Å². The lowest BCUT2D eigenvalue weighted by molar-refractivity contribution is -0.134. The number of nitrogens with one attached hydrogen (secondary N) is 2. The molecule has 3 fully saturated rings. The van der Waals surface area contributed by atoms with Crippen LogP contribution >= 0.6 is 46.4 Å². The molecule has 2 unspecified atom stereocenters. The molecule has 5 aromatic rings. The SMILES string of the molecule is O=C(CCCC(=O)N1CCN(CCCN2CC(Nc3cc(C(=O)NCC(O)CN4CCc5ccccc5C4)ncn3)C2)CC1)N=CC(Cc1ccccc1)C(=O)N1C/C(=C\c2ccc(Cl)c(Cl)c2)C(=O)/C(=C/c2ccc(Cl)c(Cl)c2)C1. The van der Waals surface area contributed by atoms with Crippen LogP contribution in [0, 0.1) is 5.92 Å². The number of carbonyl (C=O) groups excluding carboxylic acids is 5. The van der Waals surface area contributed by atoms with E-state index in [9.17, 15) is 29.1 Å². The first-order valence-electron chi connectivity index (χ1n) is 27.5. The number of hydrogen-bond acceptors (Lipinski definition) is 12. The summed E-state index contributed by atoms with van der Waals surface area (Å²) in [6.07, 6.45) is 8.25. The Morgan fingerprint density at radius 2 is 1.35 bits per heavy atom. The maximum atomic E-state index is 14.6. The van der Waals surface area contributed by atoms with Gasteiger partial charge >= 0.3 is 0 Å². The highest BCUT2D eigenvalue weighted by molar-refractivity contribution is 6.42. The Morgan fingerprint density at radius 1 is 0.691 bits per heavy atom. The van der Waals surface area contributed by atoms with Gasteiger partial charge in [0.05, 0.1) is 38.2 Å². The van der Waals surface area contributed by atoms with Crippen LogP contribution in [0.1, 0.15) is 64.0 Å². The summed E-state index contributed by atoms with van der Waals surface area (Å²) in [5.74, 6) is -1.59. The van der Waals surface area contributed by atoms with Crippen LogP contribution in [0.15, 0.2) is 120 Å². The summed E-state index contributed by atoms with van der Waals surface area (Å²) in [6, 6.07) is 29.7. The zero-order valence-corrected chi connectivity index (χ0v) is 48.0. The van der Waals surface area contributed by atoms with Crippen LogP contribution in [-0.2, 0) is 38.6 Å². The third-order valence-electron chi connectivity index (χ3n) is 15.0. The average molecular weight is 1180 g/mol.